The summed E-state index contributed by atoms with van der Waals surface area (Å²) in [6.07, 6.45) is 9.92. The van der Waals surface area contributed by atoms with Gasteiger partial charge in [0.05, 0.1) is 21.3 Å². The fourth-order valence-electron chi connectivity index (χ4n) is 3.75. The molecule has 0 spiro atoms. The van der Waals surface area contributed by atoms with Gasteiger partial charge < -0.3 is 24.0 Å². The Morgan fingerprint density at radius 3 is 2.09 bits per heavy atom. The maximum absolute atomic E-state index is 12.7. The smallest absolute Gasteiger partial charge is 0.246 e. The second-order valence-corrected chi connectivity index (χ2v) is 7.88. The topological polar surface area (TPSA) is 80.7 Å². The van der Waals surface area contributed by atoms with E-state index in [1.54, 1.807) is 50.5 Å². The van der Waals surface area contributed by atoms with E-state index in [0.717, 1.165) is 24.7 Å². The van der Waals surface area contributed by atoms with Crippen LogP contribution in [0.5, 0.6) is 17.2 Å². The number of rotatable bonds is 12. The molecule has 1 heterocycles. The van der Waals surface area contributed by atoms with Gasteiger partial charge in [-0.15, -0.1) is 0 Å². The number of nitrogens with zero attached hydrogens (tertiary/aromatic N) is 3. The molecule has 182 valence electrons. The number of hydrogen-bond donors (Lipinski definition) is 0. The quantitative estimate of drug-likeness (QED) is 0.157. The molecule has 0 atom stereocenters. The average molecular weight is 460 g/mol. The van der Waals surface area contributed by atoms with Gasteiger partial charge in [-0.3, -0.25) is 14.6 Å². The summed E-state index contributed by atoms with van der Waals surface area (Å²) >= 11 is 0. The summed E-state index contributed by atoms with van der Waals surface area (Å²) in [6, 6.07) is 3.58. The highest BCUT2D eigenvalue weighted by atomic mass is 16.5. The average Bonchev–Trinajstić information content (AvgIpc) is 2.86. The van der Waals surface area contributed by atoms with E-state index in [1.165, 1.54) is 19.3 Å². The van der Waals surface area contributed by atoms with Crippen LogP contribution in [0.2, 0.25) is 0 Å². The van der Waals surface area contributed by atoms with Gasteiger partial charge in [-0.25, -0.2) is 0 Å². The molecule has 0 N–H and O–H groups in total. The molecule has 1 aromatic carbocycles. The van der Waals surface area contributed by atoms with Crippen molar-refractivity contribution in [2.45, 2.75) is 39.0 Å². The van der Waals surface area contributed by atoms with Crippen molar-refractivity contribution in [1.29, 1.82) is 0 Å². The molecule has 0 saturated carbocycles. The van der Waals surface area contributed by atoms with E-state index in [4.69, 9.17) is 14.2 Å². The van der Waals surface area contributed by atoms with Gasteiger partial charge in [-0.05, 0) is 30.2 Å². The summed E-state index contributed by atoms with van der Waals surface area (Å²) in [5.74, 6) is 1.98. The van der Waals surface area contributed by atoms with E-state index in [2.05, 4.69) is 11.9 Å². The lowest BCUT2D eigenvalue weighted by molar-refractivity contribution is -0.127. The summed E-state index contributed by atoms with van der Waals surface area (Å²) < 4.78 is 16.1. The number of piperazine rings is 1. The second kappa shape index (κ2) is 14.2. The summed E-state index contributed by atoms with van der Waals surface area (Å²) in [6.45, 7) is 5.14. The van der Waals surface area contributed by atoms with E-state index >= 15 is 0 Å². The molecule has 33 heavy (non-hydrogen) atoms. The first-order valence-electron chi connectivity index (χ1n) is 11.6. The molecule has 0 bridgehead atoms. The molecule has 0 radical (unpaired) electrons. The third-order valence-electron chi connectivity index (χ3n) is 5.66. The molecule has 0 aliphatic carbocycles. The van der Waals surface area contributed by atoms with Crippen LogP contribution in [0.1, 0.15) is 44.6 Å². The summed E-state index contributed by atoms with van der Waals surface area (Å²) in [5, 5.41) is 0. The molecular weight excluding hydrogens is 422 g/mol. The summed E-state index contributed by atoms with van der Waals surface area (Å²) in [4.78, 5) is 32.4. The number of unbranched alkanes of at least 4 members (excludes halogenated alkanes) is 4. The van der Waals surface area contributed by atoms with Crippen LogP contribution in [-0.4, -0.2) is 81.9 Å². The molecule has 1 aliphatic rings. The van der Waals surface area contributed by atoms with Crippen LogP contribution in [0.25, 0.3) is 6.08 Å². The molecule has 0 unspecified atom stereocenters. The lowest BCUT2D eigenvalue weighted by Gasteiger charge is -2.34. The van der Waals surface area contributed by atoms with Crippen LogP contribution in [0, 0.1) is 0 Å². The molecule has 1 amide bonds. The van der Waals surface area contributed by atoms with Gasteiger partial charge in [-0.2, -0.15) is 0 Å². The SMILES string of the molecule is CCCCCCCN=C(C=O)N1CCN(C(=O)/C=C/c2cc(OC)c(OC)c(OC)c2)CC1. The minimum absolute atomic E-state index is 0.0797. The highest BCUT2D eigenvalue weighted by molar-refractivity contribution is 6.26. The van der Waals surface area contributed by atoms with Gasteiger partial charge in [0.25, 0.3) is 0 Å². The first kappa shape index (κ1) is 26.2. The molecule has 8 nitrogen and oxygen atoms in total. The maximum Gasteiger partial charge on any atom is 0.246 e. The highest BCUT2D eigenvalue weighted by Gasteiger charge is 2.21. The van der Waals surface area contributed by atoms with E-state index in [1.807, 2.05) is 4.90 Å². The van der Waals surface area contributed by atoms with Crippen LogP contribution < -0.4 is 14.2 Å². The van der Waals surface area contributed by atoms with E-state index in [0.29, 0.717) is 55.8 Å². The highest BCUT2D eigenvalue weighted by Crippen LogP contribution is 2.38. The number of carbonyl (C=O) groups is 2. The van der Waals surface area contributed by atoms with Crippen LogP contribution >= 0.6 is 0 Å². The minimum atomic E-state index is -0.0797. The first-order valence-corrected chi connectivity index (χ1v) is 11.6. The molecule has 1 aromatic rings. The Morgan fingerprint density at radius 1 is 0.939 bits per heavy atom. The lowest BCUT2D eigenvalue weighted by atomic mass is 10.1. The van der Waals surface area contributed by atoms with Crippen molar-refractivity contribution in [3.05, 3.63) is 23.8 Å². The monoisotopic (exact) mass is 459 g/mol. The Bertz CT molecular complexity index is 804. The number of ether oxygens (including phenoxy) is 3. The number of benzene rings is 1. The number of aliphatic imine (C=N–C) groups is 1. The predicted molar refractivity (Wildman–Crippen MR) is 130 cm³/mol. The van der Waals surface area contributed by atoms with E-state index in [9.17, 15) is 9.59 Å². The molecule has 1 saturated heterocycles. The van der Waals surface area contributed by atoms with E-state index < -0.39 is 0 Å². The van der Waals surface area contributed by atoms with Crippen molar-refractivity contribution in [1.82, 2.24) is 9.80 Å². The Morgan fingerprint density at radius 2 is 1.55 bits per heavy atom. The fraction of sp³-hybridized carbons (Fsp3) is 0.560. The lowest BCUT2D eigenvalue weighted by Crippen LogP contribution is -2.50. The molecule has 0 aromatic heterocycles. The van der Waals surface area contributed by atoms with Gasteiger partial charge in [0.2, 0.25) is 11.7 Å². The van der Waals surface area contributed by atoms with Crippen LogP contribution in [-0.2, 0) is 9.59 Å². The Kier molecular flexibility index (Phi) is 11.3. The van der Waals surface area contributed by atoms with Gasteiger partial charge in [0.15, 0.2) is 23.6 Å². The van der Waals surface area contributed by atoms with Crippen molar-refractivity contribution in [2.75, 3.05) is 54.1 Å². The molecule has 2 rings (SSSR count). The zero-order valence-electron chi connectivity index (χ0n) is 20.3. The summed E-state index contributed by atoms with van der Waals surface area (Å²) in [7, 11) is 4.66. The number of carbonyl (C=O) groups excluding carboxylic acids is 2. The molecule has 8 heteroatoms. The molecular formula is C25H37N3O5. The molecule has 1 aliphatic heterocycles. The largest absolute Gasteiger partial charge is 0.493 e. The van der Waals surface area contributed by atoms with Crippen molar-refractivity contribution in [2.24, 2.45) is 4.99 Å². The van der Waals surface area contributed by atoms with E-state index in [-0.39, 0.29) is 5.91 Å². The van der Waals surface area contributed by atoms with Crippen molar-refractivity contribution in [3.63, 3.8) is 0 Å². The predicted octanol–water partition coefficient (Wildman–Crippen LogP) is 3.44. The number of methoxy groups -OCH3 is 3. The normalized spacial score (nSPS) is 14.5. The molecule has 1 fully saturated rings. The van der Waals surface area contributed by atoms with Gasteiger partial charge in [0.1, 0.15) is 0 Å². The Labute approximate surface area is 197 Å². The number of amides is 1. The third-order valence-corrected chi connectivity index (χ3v) is 5.66. The number of hydrogen-bond acceptors (Lipinski definition) is 6. The minimum Gasteiger partial charge on any atom is -0.493 e. The zero-order valence-corrected chi connectivity index (χ0v) is 20.3. The Balaban J connectivity index is 1.91. The van der Waals surface area contributed by atoms with Crippen molar-refractivity contribution >= 4 is 24.1 Å². The van der Waals surface area contributed by atoms with Crippen molar-refractivity contribution in [3.8, 4) is 17.2 Å². The first-order chi connectivity index (χ1) is 16.1. The van der Waals surface area contributed by atoms with Crippen LogP contribution in [0.3, 0.4) is 0 Å². The number of amidine groups is 1. The third kappa shape index (κ3) is 7.80. The standard InChI is InChI=1S/C25H37N3O5/c1-5-6-7-8-9-12-26-23(19-29)27-13-15-28(16-14-27)24(30)11-10-20-17-21(31-2)25(33-4)22(18-20)32-3/h10-11,17-19H,5-9,12-16H2,1-4H3/b11-10+,26-23?. The van der Waals surface area contributed by atoms with Gasteiger partial charge in [0, 0.05) is 38.8 Å². The summed E-state index contributed by atoms with van der Waals surface area (Å²) in [5.41, 5.74) is 0.769. The fourth-order valence-corrected chi connectivity index (χ4v) is 3.75. The zero-order chi connectivity index (χ0) is 24.1. The number of aldehydes is 1. The van der Waals surface area contributed by atoms with Crippen LogP contribution in [0.15, 0.2) is 23.2 Å². The second-order valence-electron chi connectivity index (χ2n) is 7.88. The Hall–Kier alpha value is -3.03. The maximum atomic E-state index is 12.7. The van der Waals surface area contributed by atoms with Crippen molar-refractivity contribution < 1.29 is 23.8 Å². The van der Waals surface area contributed by atoms with Gasteiger partial charge >= 0.3 is 0 Å². The van der Waals surface area contributed by atoms with Gasteiger partial charge in [-0.1, -0.05) is 32.6 Å². The van der Waals surface area contributed by atoms with Crippen LogP contribution in [0.4, 0.5) is 0 Å².